The number of para-hydroxylation sites is 1. The number of nitrogens with zero attached hydrogens (tertiary/aromatic N) is 2. The summed E-state index contributed by atoms with van der Waals surface area (Å²) in [5.41, 5.74) is 3.91. The van der Waals surface area contributed by atoms with Gasteiger partial charge in [0, 0.05) is 28.6 Å². The summed E-state index contributed by atoms with van der Waals surface area (Å²) in [6.45, 7) is 0. The van der Waals surface area contributed by atoms with E-state index in [0.717, 1.165) is 33.1 Å². The Morgan fingerprint density at radius 2 is 1.75 bits per heavy atom. The molecule has 2 aromatic carbocycles. The van der Waals surface area contributed by atoms with Gasteiger partial charge in [0.15, 0.2) is 0 Å². The maximum atomic E-state index is 4.67. The molecule has 0 fully saturated rings. The summed E-state index contributed by atoms with van der Waals surface area (Å²) in [6.07, 6.45) is 1.81. The molecule has 0 amide bonds. The highest BCUT2D eigenvalue weighted by atomic mass is 14.7. The lowest BCUT2D eigenvalue weighted by Gasteiger charge is -2.04. The minimum Gasteiger partial charge on any atom is -0.256 e. The van der Waals surface area contributed by atoms with Crippen LogP contribution in [0.15, 0.2) is 66.9 Å². The molecule has 4 rings (SSSR count). The Hall–Kier alpha value is -2.74. The molecule has 93 valence electrons. The van der Waals surface area contributed by atoms with Gasteiger partial charge in [-0.15, -0.1) is 0 Å². The van der Waals surface area contributed by atoms with E-state index in [2.05, 4.69) is 46.4 Å². The minimum absolute atomic E-state index is 0.895. The second-order valence-corrected chi connectivity index (χ2v) is 4.72. The van der Waals surface area contributed by atoms with Crippen LogP contribution < -0.4 is 0 Å². The number of benzene rings is 2. The van der Waals surface area contributed by atoms with E-state index in [1.807, 2.05) is 36.5 Å². The molecular weight excluding hydrogens is 244 g/mol. The summed E-state index contributed by atoms with van der Waals surface area (Å²) in [5, 5.41) is 2.25. The molecule has 0 aliphatic rings. The molecule has 0 atom stereocenters. The van der Waals surface area contributed by atoms with Gasteiger partial charge in [0.1, 0.15) is 0 Å². The predicted molar refractivity (Wildman–Crippen MR) is 81.3 cm³/mol. The molecule has 0 aliphatic heterocycles. The van der Waals surface area contributed by atoms with Crippen molar-refractivity contribution in [1.29, 1.82) is 0 Å². The summed E-state index contributed by atoms with van der Waals surface area (Å²) in [7, 11) is 0. The molecular formula is C18H11N2. The van der Waals surface area contributed by atoms with E-state index in [-0.39, 0.29) is 0 Å². The third kappa shape index (κ3) is 1.82. The van der Waals surface area contributed by atoms with Gasteiger partial charge < -0.3 is 0 Å². The number of hydrogen-bond donors (Lipinski definition) is 0. The molecule has 1 radical (unpaired) electrons. The lowest BCUT2D eigenvalue weighted by Crippen LogP contribution is -1.86. The highest BCUT2D eigenvalue weighted by molar-refractivity contribution is 5.85. The first-order valence-electron chi connectivity index (χ1n) is 6.53. The molecule has 20 heavy (non-hydrogen) atoms. The third-order valence-electron chi connectivity index (χ3n) is 3.42. The van der Waals surface area contributed by atoms with E-state index < -0.39 is 0 Å². The number of aromatic nitrogens is 2. The van der Waals surface area contributed by atoms with E-state index in [0.29, 0.717) is 0 Å². The lowest BCUT2D eigenvalue weighted by molar-refractivity contribution is 1.38. The second kappa shape index (κ2) is 4.42. The average Bonchev–Trinajstić information content (AvgIpc) is 2.54. The quantitative estimate of drug-likeness (QED) is 0.508. The van der Waals surface area contributed by atoms with Crippen LogP contribution in [0.3, 0.4) is 0 Å². The van der Waals surface area contributed by atoms with E-state index in [1.165, 1.54) is 0 Å². The van der Waals surface area contributed by atoms with Crippen molar-refractivity contribution in [2.45, 2.75) is 0 Å². The van der Waals surface area contributed by atoms with Crippen molar-refractivity contribution in [3.05, 3.63) is 72.9 Å². The van der Waals surface area contributed by atoms with Crippen molar-refractivity contribution in [2.24, 2.45) is 0 Å². The van der Waals surface area contributed by atoms with E-state index in [9.17, 15) is 0 Å². The van der Waals surface area contributed by atoms with Crippen molar-refractivity contribution < 1.29 is 0 Å². The standard InChI is InChI=1S/C18H11N2/c1-2-6-16-13(4-1)9-10-17(20-16)15-8-7-14-5-3-11-19-18(14)12-15/h1-5,7-12H. The van der Waals surface area contributed by atoms with E-state index in [4.69, 9.17) is 0 Å². The predicted octanol–water partition coefficient (Wildman–Crippen LogP) is 4.25. The molecule has 0 saturated carbocycles. The fourth-order valence-corrected chi connectivity index (χ4v) is 2.39. The summed E-state index contributed by atoms with van der Waals surface area (Å²) in [4.78, 5) is 9.06. The van der Waals surface area contributed by atoms with Gasteiger partial charge in [-0.05, 0) is 18.2 Å². The Kier molecular flexibility index (Phi) is 2.46. The van der Waals surface area contributed by atoms with Crippen molar-refractivity contribution in [3.8, 4) is 11.3 Å². The largest absolute Gasteiger partial charge is 0.256 e. The summed E-state index contributed by atoms with van der Waals surface area (Å²) in [5.74, 6) is 0. The van der Waals surface area contributed by atoms with Gasteiger partial charge >= 0.3 is 0 Å². The number of fused-ring (bicyclic) bond motifs is 2. The fourth-order valence-electron chi connectivity index (χ4n) is 2.39. The maximum absolute atomic E-state index is 4.67. The van der Waals surface area contributed by atoms with Crippen LogP contribution >= 0.6 is 0 Å². The maximum Gasteiger partial charge on any atom is 0.0788 e. The van der Waals surface area contributed by atoms with Crippen LogP contribution in [0.4, 0.5) is 0 Å². The number of pyridine rings is 2. The van der Waals surface area contributed by atoms with Gasteiger partial charge in [-0.3, -0.25) is 4.98 Å². The Balaban J connectivity index is 1.91. The smallest absolute Gasteiger partial charge is 0.0788 e. The lowest BCUT2D eigenvalue weighted by atomic mass is 10.1. The van der Waals surface area contributed by atoms with E-state index >= 15 is 0 Å². The molecule has 0 saturated heterocycles. The highest BCUT2D eigenvalue weighted by Gasteiger charge is 2.03. The molecule has 2 aromatic heterocycles. The van der Waals surface area contributed by atoms with Crippen molar-refractivity contribution in [1.82, 2.24) is 9.97 Å². The van der Waals surface area contributed by atoms with Crippen molar-refractivity contribution in [3.63, 3.8) is 0 Å². The van der Waals surface area contributed by atoms with Crippen LogP contribution in [0.5, 0.6) is 0 Å². The summed E-state index contributed by atoms with van der Waals surface area (Å²) < 4.78 is 0. The number of hydrogen-bond acceptors (Lipinski definition) is 2. The topological polar surface area (TPSA) is 25.8 Å². The monoisotopic (exact) mass is 255 g/mol. The van der Waals surface area contributed by atoms with Gasteiger partial charge in [0.2, 0.25) is 0 Å². The molecule has 0 aliphatic carbocycles. The molecule has 2 nitrogen and oxygen atoms in total. The van der Waals surface area contributed by atoms with Crippen LogP contribution in [-0.4, -0.2) is 9.97 Å². The summed E-state index contributed by atoms with van der Waals surface area (Å²) >= 11 is 0. The van der Waals surface area contributed by atoms with Crippen LogP contribution in [0.1, 0.15) is 0 Å². The zero-order valence-electron chi connectivity index (χ0n) is 10.7. The first kappa shape index (κ1) is 11.1. The van der Waals surface area contributed by atoms with Gasteiger partial charge in [-0.2, -0.15) is 0 Å². The molecule has 2 heterocycles. The van der Waals surface area contributed by atoms with Gasteiger partial charge in [-0.1, -0.05) is 42.5 Å². The van der Waals surface area contributed by atoms with Crippen molar-refractivity contribution >= 4 is 21.8 Å². The molecule has 0 spiro atoms. The van der Waals surface area contributed by atoms with Crippen LogP contribution in [0.25, 0.3) is 33.1 Å². The van der Waals surface area contributed by atoms with Crippen LogP contribution in [0.2, 0.25) is 0 Å². The zero-order valence-corrected chi connectivity index (χ0v) is 10.7. The second-order valence-electron chi connectivity index (χ2n) is 4.72. The molecule has 0 bridgehead atoms. The first-order valence-corrected chi connectivity index (χ1v) is 6.53. The highest BCUT2D eigenvalue weighted by Crippen LogP contribution is 2.23. The Labute approximate surface area is 116 Å². The molecule has 4 aromatic rings. The number of rotatable bonds is 1. The van der Waals surface area contributed by atoms with Gasteiger partial charge in [0.05, 0.1) is 16.7 Å². The Bertz CT molecular complexity index is 836. The van der Waals surface area contributed by atoms with Gasteiger partial charge in [0.25, 0.3) is 0 Å². The summed E-state index contributed by atoms with van der Waals surface area (Å²) in [6, 6.07) is 23.5. The molecule has 0 N–H and O–H groups in total. The third-order valence-corrected chi connectivity index (χ3v) is 3.42. The normalized spacial score (nSPS) is 11.0. The van der Waals surface area contributed by atoms with Crippen molar-refractivity contribution in [2.75, 3.05) is 0 Å². The Morgan fingerprint density at radius 1 is 0.850 bits per heavy atom. The SMILES string of the molecule is [c]1cccc2ccc(-c3ccc4cccnc4c3)nc12. The molecule has 0 unspecified atom stereocenters. The molecule has 2 heteroatoms. The Morgan fingerprint density at radius 3 is 2.75 bits per heavy atom. The van der Waals surface area contributed by atoms with Crippen LogP contribution in [-0.2, 0) is 0 Å². The minimum atomic E-state index is 0.895. The van der Waals surface area contributed by atoms with Gasteiger partial charge in [-0.25, -0.2) is 4.98 Å². The fraction of sp³-hybridized carbons (Fsp3) is 0. The first-order chi connectivity index (χ1) is 9.90. The van der Waals surface area contributed by atoms with E-state index in [1.54, 1.807) is 0 Å². The zero-order chi connectivity index (χ0) is 13.4. The van der Waals surface area contributed by atoms with Crippen LogP contribution in [0, 0.1) is 6.07 Å². The average molecular weight is 255 g/mol.